The van der Waals surface area contributed by atoms with Gasteiger partial charge in [0.2, 0.25) is 5.91 Å². The molecule has 1 fully saturated rings. The first-order valence-corrected chi connectivity index (χ1v) is 8.31. The average Bonchev–Trinajstić information content (AvgIpc) is 2.89. The number of hydrogen-bond acceptors (Lipinski definition) is 5. The van der Waals surface area contributed by atoms with E-state index in [1.54, 1.807) is 6.20 Å². The van der Waals surface area contributed by atoms with E-state index in [2.05, 4.69) is 10.3 Å². The molecular formula is C16H17F2N3O2S. The normalized spacial score (nSPS) is 22.9. The van der Waals surface area contributed by atoms with E-state index in [0.717, 1.165) is 10.9 Å². The van der Waals surface area contributed by atoms with Crippen molar-refractivity contribution < 1.29 is 18.7 Å². The smallest absolute Gasteiger partial charge is 0.229 e. The predicted molar refractivity (Wildman–Crippen MR) is 86.6 cm³/mol. The lowest BCUT2D eigenvalue weighted by atomic mass is 9.70. The van der Waals surface area contributed by atoms with Crippen molar-refractivity contribution in [1.82, 2.24) is 4.98 Å². The van der Waals surface area contributed by atoms with Gasteiger partial charge in [-0.25, -0.2) is 13.8 Å². The quantitative estimate of drug-likeness (QED) is 0.768. The summed E-state index contributed by atoms with van der Waals surface area (Å²) in [5.74, 6) is -1.73. The van der Waals surface area contributed by atoms with E-state index >= 15 is 0 Å². The third-order valence-electron chi connectivity index (χ3n) is 4.09. The van der Waals surface area contributed by atoms with Crippen molar-refractivity contribution in [2.24, 2.45) is 11.7 Å². The highest BCUT2D eigenvalue weighted by atomic mass is 32.1. The van der Waals surface area contributed by atoms with Crippen LogP contribution in [0.3, 0.4) is 0 Å². The van der Waals surface area contributed by atoms with Crippen LogP contribution in [0.1, 0.15) is 23.3 Å². The minimum Gasteiger partial charge on any atom is -0.389 e. The molecule has 1 saturated carbocycles. The minimum absolute atomic E-state index is 0.141. The van der Waals surface area contributed by atoms with Gasteiger partial charge in [-0.3, -0.25) is 4.79 Å². The van der Waals surface area contributed by atoms with Crippen LogP contribution in [0.2, 0.25) is 0 Å². The zero-order valence-corrected chi connectivity index (χ0v) is 13.6. The lowest BCUT2D eigenvalue weighted by Crippen LogP contribution is -2.53. The Morgan fingerprint density at radius 1 is 1.38 bits per heavy atom. The van der Waals surface area contributed by atoms with E-state index in [0.29, 0.717) is 30.0 Å². The third-order valence-corrected chi connectivity index (χ3v) is 5.00. The fourth-order valence-electron chi connectivity index (χ4n) is 2.78. The number of rotatable bonds is 5. The molecule has 24 heavy (non-hydrogen) atoms. The highest BCUT2D eigenvalue weighted by Gasteiger charge is 2.45. The topological polar surface area (TPSA) is 88.2 Å². The monoisotopic (exact) mass is 353 g/mol. The molecule has 0 atom stereocenters. The van der Waals surface area contributed by atoms with Crippen molar-refractivity contribution >= 4 is 22.4 Å². The Balaban J connectivity index is 1.59. The Hall–Kier alpha value is -1.90. The predicted octanol–water partition coefficient (Wildman–Crippen LogP) is 2.05. The summed E-state index contributed by atoms with van der Waals surface area (Å²) in [6.07, 6.45) is 2.59. The number of anilines is 1. The first kappa shape index (κ1) is 16.9. The van der Waals surface area contributed by atoms with Gasteiger partial charge in [0.1, 0.15) is 11.6 Å². The summed E-state index contributed by atoms with van der Waals surface area (Å²) in [4.78, 5) is 16.9. The summed E-state index contributed by atoms with van der Waals surface area (Å²) in [5.41, 5.74) is 5.00. The number of halogens is 2. The number of hydrogen-bond donors (Lipinski definition) is 3. The fourth-order valence-corrected chi connectivity index (χ4v) is 3.63. The Morgan fingerprint density at radius 2 is 2.04 bits per heavy atom. The molecule has 1 aromatic carbocycles. The summed E-state index contributed by atoms with van der Waals surface area (Å²) in [5, 5.41) is 13.0. The maximum atomic E-state index is 13.2. The number of amides is 1. The molecule has 8 heteroatoms. The second-order valence-electron chi connectivity index (χ2n) is 6.11. The van der Waals surface area contributed by atoms with E-state index in [-0.39, 0.29) is 18.4 Å². The number of carbonyl (C=O) groups is 1. The molecule has 0 spiro atoms. The van der Waals surface area contributed by atoms with Crippen LogP contribution in [0.5, 0.6) is 0 Å². The van der Waals surface area contributed by atoms with Crippen molar-refractivity contribution in [2.45, 2.75) is 24.9 Å². The number of carbonyl (C=O) groups excluding carboxylic acids is 1. The van der Waals surface area contributed by atoms with E-state index < -0.39 is 17.2 Å². The molecule has 128 valence electrons. The van der Waals surface area contributed by atoms with Crippen LogP contribution in [0, 0.1) is 17.6 Å². The Bertz CT molecular complexity index is 739. The van der Waals surface area contributed by atoms with Gasteiger partial charge in [0, 0.05) is 36.0 Å². The van der Waals surface area contributed by atoms with Crippen molar-refractivity contribution in [3.05, 3.63) is 46.5 Å². The van der Waals surface area contributed by atoms with Crippen LogP contribution in [-0.2, 0) is 11.2 Å². The molecule has 0 aliphatic heterocycles. The van der Waals surface area contributed by atoms with Crippen molar-refractivity contribution in [1.29, 1.82) is 0 Å². The van der Waals surface area contributed by atoms with E-state index in [4.69, 9.17) is 5.73 Å². The van der Waals surface area contributed by atoms with Crippen molar-refractivity contribution in [3.8, 4) is 0 Å². The zero-order valence-electron chi connectivity index (χ0n) is 12.8. The van der Waals surface area contributed by atoms with Gasteiger partial charge in [0.05, 0.1) is 5.60 Å². The standard InChI is InChI=1S/C16H17F2N3O2S/c17-11-1-9(2-12(18)4-11)3-13-7-20-15(24-13)21-14(22)10-5-16(23,6-10)8-19/h1-2,4,7,10,23H,3,5-6,8,19H2,(H,20,21,22). The fraction of sp³-hybridized carbons (Fsp3) is 0.375. The lowest BCUT2D eigenvalue weighted by molar-refractivity contribution is -0.134. The molecule has 0 radical (unpaired) electrons. The number of nitrogens with one attached hydrogen (secondary N) is 1. The zero-order chi connectivity index (χ0) is 17.3. The number of aromatic nitrogens is 1. The lowest BCUT2D eigenvalue weighted by Gasteiger charge is -2.41. The second-order valence-corrected chi connectivity index (χ2v) is 7.22. The molecule has 1 amide bonds. The summed E-state index contributed by atoms with van der Waals surface area (Å²) >= 11 is 1.25. The SMILES string of the molecule is NCC1(O)CC(C(=O)Nc2ncc(Cc3cc(F)cc(F)c3)s2)C1. The molecule has 0 saturated heterocycles. The van der Waals surface area contributed by atoms with Gasteiger partial charge in [-0.2, -0.15) is 0 Å². The highest BCUT2D eigenvalue weighted by molar-refractivity contribution is 7.15. The van der Waals surface area contributed by atoms with Crippen molar-refractivity contribution in [2.75, 3.05) is 11.9 Å². The Morgan fingerprint density at radius 3 is 2.67 bits per heavy atom. The van der Waals surface area contributed by atoms with Crippen LogP contribution < -0.4 is 11.1 Å². The van der Waals surface area contributed by atoms with Gasteiger partial charge in [0.15, 0.2) is 5.13 Å². The van der Waals surface area contributed by atoms with Crippen LogP contribution in [0.25, 0.3) is 0 Å². The number of nitrogens with two attached hydrogens (primary N) is 1. The first-order valence-electron chi connectivity index (χ1n) is 7.50. The highest BCUT2D eigenvalue weighted by Crippen LogP contribution is 2.37. The molecule has 3 rings (SSSR count). The van der Waals surface area contributed by atoms with Crippen LogP contribution in [0.15, 0.2) is 24.4 Å². The van der Waals surface area contributed by atoms with Gasteiger partial charge in [0.25, 0.3) is 0 Å². The van der Waals surface area contributed by atoms with Crippen LogP contribution in [-0.4, -0.2) is 28.1 Å². The molecule has 2 aromatic rings. The van der Waals surface area contributed by atoms with Gasteiger partial charge in [-0.05, 0) is 30.5 Å². The van der Waals surface area contributed by atoms with E-state index in [1.807, 2.05) is 0 Å². The third kappa shape index (κ3) is 3.77. The van der Waals surface area contributed by atoms with Gasteiger partial charge < -0.3 is 16.2 Å². The largest absolute Gasteiger partial charge is 0.389 e. The molecule has 1 aliphatic rings. The molecule has 0 bridgehead atoms. The second kappa shape index (κ2) is 6.54. The molecule has 5 nitrogen and oxygen atoms in total. The number of aliphatic hydroxyl groups is 1. The molecule has 0 unspecified atom stereocenters. The van der Waals surface area contributed by atoms with Gasteiger partial charge >= 0.3 is 0 Å². The van der Waals surface area contributed by atoms with E-state index in [1.165, 1.54) is 23.5 Å². The van der Waals surface area contributed by atoms with Crippen molar-refractivity contribution in [3.63, 3.8) is 0 Å². The Kier molecular flexibility index (Phi) is 4.62. The van der Waals surface area contributed by atoms with Gasteiger partial charge in [-0.1, -0.05) is 0 Å². The minimum atomic E-state index is -0.933. The number of benzene rings is 1. The summed E-state index contributed by atoms with van der Waals surface area (Å²) < 4.78 is 26.4. The summed E-state index contributed by atoms with van der Waals surface area (Å²) in [6, 6.07) is 3.36. The summed E-state index contributed by atoms with van der Waals surface area (Å²) in [7, 11) is 0. The maximum absolute atomic E-state index is 13.2. The van der Waals surface area contributed by atoms with Gasteiger partial charge in [-0.15, -0.1) is 11.3 Å². The molecular weight excluding hydrogens is 336 g/mol. The molecule has 1 aromatic heterocycles. The maximum Gasteiger partial charge on any atom is 0.229 e. The number of thiazole rings is 1. The summed E-state index contributed by atoms with van der Waals surface area (Å²) in [6.45, 7) is 0.141. The molecule has 4 N–H and O–H groups in total. The number of nitrogens with zero attached hydrogens (tertiary/aromatic N) is 1. The van der Waals surface area contributed by atoms with Crippen LogP contribution in [0.4, 0.5) is 13.9 Å². The molecule has 1 aliphatic carbocycles. The Labute approximate surface area is 141 Å². The molecule has 1 heterocycles. The first-order chi connectivity index (χ1) is 11.4. The van der Waals surface area contributed by atoms with E-state index in [9.17, 15) is 18.7 Å². The van der Waals surface area contributed by atoms with Crippen LogP contribution >= 0.6 is 11.3 Å². The average molecular weight is 353 g/mol.